The van der Waals surface area contributed by atoms with Gasteiger partial charge in [0.25, 0.3) is 0 Å². The molecule has 4 heteroatoms. The van der Waals surface area contributed by atoms with Crippen LogP contribution in [-0.4, -0.2) is 31.1 Å². The van der Waals surface area contributed by atoms with E-state index in [1.807, 2.05) is 30.3 Å². The van der Waals surface area contributed by atoms with E-state index in [2.05, 4.69) is 18.7 Å². The SMILES string of the molecule is CCN(CC)CCOc1c2c(oc(=O)c1-c1ccccc1)CCCC2. The van der Waals surface area contributed by atoms with Crippen molar-refractivity contribution in [1.29, 1.82) is 0 Å². The average Bonchev–Trinajstić information content (AvgIpc) is 2.65. The summed E-state index contributed by atoms with van der Waals surface area (Å²) in [6, 6.07) is 9.71. The molecule has 1 aliphatic rings. The summed E-state index contributed by atoms with van der Waals surface area (Å²) in [4.78, 5) is 15.0. The Bertz CT molecular complexity index is 748. The Labute approximate surface area is 149 Å². The van der Waals surface area contributed by atoms with E-state index in [0.717, 1.165) is 68.0 Å². The Morgan fingerprint density at radius 2 is 1.80 bits per heavy atom. The van der Waals surface area contributed by atoms with E-state index < -0.39 is 0 Å². The maximum atomic E-state index is 12.7. The molecular formula is C21H27NO3. The lowest BCUT2D eigenvalue weighted by Crippen LogP contribution is -2.28. The van der Waals surface area contributed by atoms with E-state index in [9.17, 15) is 4.79 Å². The van der Waals surface area contributed by atoms with Gasteiger partial charge >= 0.3 is 5.63 Å². The van der Waals surface area contributed by atoms with Crippen LogP contribution in [0, 0.1) is 0 Å². The van der Waals surface area contributed by atoms with Gasteiger partial charge in [-0.05, 0) is 37.9 Å². The first-order valence-electron chi connectivity index (χ1n) is 9.34. The van der Waals surface area contributed by atoms with Gasteiger partial charge in [-0.2, -0.15) is 0 Å². The maximum Gasteiger partial charge on any atom is 0.347 e. The van der Waals surface area contributed by atoms with Gasteiger partial charge < -0.3 is 14.1 Å². The van der Waals surface area contributed by atoms with Crippen LogP contribution in [0.2, 0.25) is 0 Å². The summed E-state index contributed by atoms with van der Waals surface area (Å²) in [6.07, 6.45) is 3.92. The molecule has 0 atom stereocenters. The van der Waals surface area contributed by atoms with Crippen molar-refractivity contribution >= 4 is 0 Å². The lowest BCUT2D eigenvalue weighted by Gasteiger charge is -2.22. The third-order valence-electron chi connectivity index (χ3n) is 4.95. The molecule has 0 saturated carbocycles. The minimum atomic E-state index is -0.287. The largest absolute Gasteiger partial charge is 0.491 e. The Balaban J connectivity index is 1.98. The Morgan fingerprint density at radius 3 is 2.52 bits per heavy atom. The average molecular weight is 341 g/mol. The highest BCUT2D eigenvalue weighted by atomic mass is 16.5. The van der Waals surface area contributed by atoms with E-state index in [-0.39, 0.29) is 5.63 Å². The van der Waals surface area contributed by atoms with Gasteiger partial charge in [0.1, 0.15) is 23.7 Å². The first kappa shape index (κ1) is 17.7. The summed E-state index contributed by atoms with van der Waals surface area (Å²) in [6.45, 7) is 7.74. The maximum absolute atomic E-state index is 12.7. The predicted molar refractivity (Wildman–Crippen MR) is 100 cm³/mol. The molecule has 4 nitrogen and oxygen atoms in total. The Morgan fingerprint density at radius 1 is 1.08 bits per heavy atom. The molecule has 134 valence electrons. The smallest absolute Gasteiger partial charge is 0.347 e. The summed E-state index contributed by atoms with van der Waals surface area (Å²) in [5.41, 5.74) is 2.23. The quantitative estimate of drug-likeness (QED) is 0.766. The lowest BCUT2D eigenvalue weighted by atomic mass is 9.93. The molecule has 0 radical (unpaired) electrons. The van der Waals surface area contributed by atoms with E-state index >= 15 is 0 Å². The normalized spacial score (nSPS) is 13.7. The zero-order chi connectivity index (χ0) is 17.6. The summed E-state index contributed by atoms with van der Waals surface area (Å²) in [5, 5.41) is 0. The van der Waals surface area contributed by atoms with E-state index in [4.69, 9.17) is 9.15 Å². The van der Waals surface area contributed by atoms with Gasteiger partial charge in [-0.1, -0.05) is 44.2 Å². The number of fused-ring (bicyclic) bond motifs is 1. The Kier molecular flexibility index (Phi) is 5.92. The summed E-state index contributed by atoms with van der Waals surface area (Å²) in [7, 11) is 0. The molecule has 25 heavy (non-hydrogen) atoms. The molecule has 1 heterocycles. The van der Waals surface area contributed by atoms with Crippen LogP contribution < -0.4 is 10.4 Å². The third-order valence-corrected chi connectivity index (χ3v) is 4.95. The molecule has 0 bridgehead atoms. The monoisotopic (exact) mass is 341 g/mol. The number of ether oxygens (including phenoxy) is 1. The number of benzene rings is 1. The number of likely N-dealkylation sites (N-methyl/N-ethyl adjacent to an activating group) is 1. The van der Waals surface area contributed by atoms with Crippen molar-refractivity contribution in [2.24, 2.45) is 0 Å². The van der Waals surface area contributed by atoms with Crippen molar-refractivity contribution in [3.8, 4) is 16.9 Å². The number of hydrogen-bond acceptors (Lipinski definition) is 4. The van der Waals surface area contributed by atoms with Crippen molar-refractivity contribution in [3.63, 3.8) is 0 Å². The van der Waals surface area contributed by atoms with Gasteiger partial charge in [0.15, 0.2) is 0 Å². The molecule has 0 spiro atoms. The van der Waals surface area contributed by atoms with Crippen molar-refractivity contribution < 1.29 is 9.15 Å². The number of hydrogen-bond donors (Lipinski definition) is 0. The highest BCUT2D eigenvalue weighted by Crippen LogP contribution is 2.36. The van der Waals surface area contributed by atoms with Crippen LogP contribution in [0.4, 0.5) is 0 Å². The van der Waals surface area contributed by atoms with Gasteiger partial charge in [0, 0.05) is 18.5 Å². The van der Waals surface area contributed by atoms with Crippen LogP contribution in [0.1, 0.15) is 38.0 Å². The van der Waals surface area contributed by atoms with Crippen molar-refractivity contribution in [1.82, 2.24) is 4.90 Å². The highest BCUT2D eigenvalue weighted by Gasteiger charge is 2.24. The fourth-order valence-corrected chi connectivity index (χ4v) is 3.47. The van der Waals surface area contributed by atoms with Crippen LogP contribution in [0.25, 0.3) is 11.1 Å². The molecule has 1 aromatic carbocycles. The fourth-order valence-electron chi connectivity index (χ4n) is 3.47. The molecule has 0 unspecified atom stereocenters. The zero-order valence-electron chi connectivity index (χ0n) is 15.2. The highest BCUT2D eigenvalue weighted by molar-refractivity contribution is 5.71. The molecule has 0 aliphatic heterocycles. The molecule has 3 rings (SSSR count). The van der Waals surface area contributed by atoms with Gasteiger partial charge in [0.2, 0.25) is 0 Å². The molecule has 2 aromatic rings. The van der Waals surface area contributed by atoms with Gasteiger partial charge in [-0.25, -0.2) is 4.79 Å². The number of nitrogens with zero attached hydrogens (tertiary/aromatic N) is 1. The molecule has 1 aromatic heterocycles. The summed E-state index contributed by atoms with van der Waals surface area (Å²) in [5.74, 6) is 1.55. The van der Waals surface area contributed by atoms with E-state index in [1.165, 1.54) is 0 Å². The third kappa shape index (κ3) is 3.96. The first-order valence-corrected chi connectivity index (χ1v) is 9.34. The van der Waals surface area contributed by atoms with Crippen molar-refractivity contribution in [3.05, 3.63) is 52.1 Å². The molecular weight excluding hydrogens is 314 g/mol. The van der Waals surface area contributed by atoms with Gasteiger partial charge in [0.05, 0.1) is 0 Å². The second-order valence-electron chi connectivity index (χ2n) is 6.44. The van der Waals surface area contributed by atoms with Crippen LogP contribution in [0.5, 0.6) is 5.75 Å². The standard InChI is InChI=1S/C21H27NO3/c1-3-22(4-2)14-15-24-20-17-12-8-9-13-18(17)25-21(23)19(20)16-10-6-5-7-11-16/h5-7,10-11H,3-4,8-9,12-15H2,1-2H3. The number of aryl methyl sites for hydroxylation is 1. The van der Waals surface area contributed by atoms with Gasteiger partial charge in [-0.15, -0.1) is 0 Å². The minimum absolute atomic E-state index is 0.287. The molecule has 1 aliphatic carbocycles. The second-order valence-corrected chi connectivity index (χ2v) is 6.44. The second kappa shape index (κ2) is 8.34. The molecule has 0 N–H and O–H groups in total. The van der Waals surface area contributed by atoms with Crippen LogP contribution in [0.3, 0.4) is 0 Å². The van der Waals surface area contributed by atoms with Crippen LogP contribution >= 0.6 is 0 Å². The van der Waals surface area contributed by atoms with E-state index in [1.54, 1.807) is 0 Å². The fraction of sp³-hybridized carbons (Fsp3) is 0.476. The Hall–Kier alpha value is -2.07. The summed E-state index contributed by atoms with van der Waals surface area (Å²) < 4.78 is 11.9. The van der Waals surface area contributed by atoms with Crippen LogP contribution in [0.15, 0.2) is 39.5 Å². The first-order chi connectivity index (χ1) is 12.2. The summed E-state index contributed by atoms with van der Waals surface area (Å²) >= 11 is 0. The topological polar surface area (TPSA) is 42.7 Å². The number of rotatable bonds is 7. The molecule has 0 saturated heterocycles. The molecule has 0 amide bonds. The predicted octanol–water partition coefficient (Wildman–Crippen LogP) is 3.91. The zero-order valence-corrected chi connectivity index (χ0v) is 15.2. The van der Waals surface area contributed by atoms with Crippen LogP contribution in [-0.2, 0) is 12.8 Å². The van der Waals surface area contributed by atoms with E-state index in [0.29, 0.717) is 12.2 Å². The minimum Gasteiger partial charge on any atom is -0.491 e. The van der Waals surface area contributed by atoms with Gasteiger partial charge in [-0.3, -0.25) is 0 Å². The molecule has 0 fully saturated rings. The lowest BCUT2D eigenvalue weighted by molar-refractivity contribution is 0.219. The van der Waals surface area contributed by atoms with Crippen molar-refractivity contribution in [2.45, 2.75) is 39.5 Å². The van der Waals surface area contributed by atoms with Crippen molar-refractivity contribution in [2.75, 3.05) is 26.2 Å².